The lowest BCUT2D eigenvalue weighted by Crippen LogP contribution is -2.59. The molecule has 2 aromatic carbocycles. The first-order valence-corrected chi connectivity index (χ1v) is 16.5. The van der Waals surface area contributed by atoms with Crippen molar-refractivity contribution in [3.8, 4) is 0 Å². The van der Waals surface area contributed by atoms with Crippen LogP contribution >= 0.6 is 23.2 Å². The van der Waals surface area contributed by atoms with Gasteiger partial charge in [-0.15, -0.1) is 0 Å². The van der Waals surface area contributed by atoms with Crippen LogP contribution in [0.4, 0.5) is 0 Å². The summed E-state index contributed by atoms with van der Waals surface area (Å²) in [6.07, 6.45) is -0.263. The zero-order valence-corrected chi connectivity index (χ0v) is 26.9. The Labute approximate surface area is 250 Å². The van der Waals surface area contributed by atoms with Crippen molar-refractivity contribution in [1.29, 1.82) is 0 Å². The Kier molecular flexibility index (Phi) is 10.8. The molecule has 0 bridgehead atoms. The molecule has 0 spiro atoms. The number of hydrogen-bond donors (Lipinski definition) is 2. The molecule has 6 nitrogen and oxygen atoms in total. The lowest BCUT2D eigenvalue weighted by molar-refractivity contribution is -0.158. The Bertz CT molecular complexity index is 1270. The van der Waals surface area contributed by atoms with Crippen LogP contribution in [0.2, 0.25) is 10.0 Å². The molecule has 222 valence electrons. The fourth-order valence-electron chi connectivity index (χ4n) is 5.83. The van der Waals surface area contributed by atoms with Gasteiger partial charge in [-0.05, 0) is 75.4 Å². The van der Waals surface area contributed by atoms with Gasteiger partial charge in [0.05, 0.1) is 22.5 Å². The van der Waals surface area contributed by atoms with Gasteiger partial charge in [0.2, 0.25) is 5.91 Å². The number of aliphatic hydroxyl groups excluding tert-OH is 1. The molecule has 1 aliphatic heterocycles. The summed E-state index contributed by atoms with van der Waals surface area (Å²) in [6.45, 7) is 13.0. The molecule has 3 rings (SSSR count). The number of amides is 1. The first kappa shape index (κ1) is 32.9. The lowest BCUT2D eigenvalue weighted by Gasteiger charge is -2.53. The van der Waals surface area contributed by atoms with Gasteiger partial charge in [-0.3, -0.25) is 10.1 Å². The Morgan fingerprint density at radius 3 is 2.15 bits per heavy atom. The molecule has 40 heavy (non-hydrogen) atoms. The van der Waals surface area contributed by atoms with Crippen molar-refractivity contribution in [1.82, 2.24) is 10.2 Å². The highest BCUT2D eigenvalue weighted by Crippen LogP contribution is 2.53. The topological polar surface area (TPSA) is 86.7 Å². The first-order valence-electron chi connectivity index (χ1n) is 14.0. The minimum atomic E-state index is -3.49. The molecule has 0 aromatic heterocycles. The van der Waals surface area contributed by atoms with Crippen LogP contribution in [0.1, 0.15) is 84.4 Å². The standard InChI is InChI=1S/C31H44Cl2N2O4S/c1-19(2)27(18-40(38,39)21(5)6)35-29(22-11-13-24(32)14-12-22)26(23-9-8-10-25(33)15-23)16-31(7,30(35)37)17-28(36)34-20(3)4/h8-15,19-21,26-29,34,36H,16-18H2,1-7H3/t26-,27-,28?,29-,31-/m1/s1. The van der Waals surface area contributed by atoms with Crippen LogP contribution in [-0.4, -0.2) is 53.6 Å². The maximum absolute atomic E-state index is 14.7. The molecule has 1 aliphatic rings. The fourth-order valence-corrected chi connectivity index (χ4v) is 7.56. The average Bonchev–Trinajstić information content (AvgIpc) is 2.84. The van der Waals surface area contributed by atoms with Gasteiger partial charge in [-0.25, -0.2) is 8.42 Å². The van der Waals surface area contributed by atoms with E-state index < -0.39 is 38.8 Å². The summed E-state index contributed by atoms with van der Waals surface area (Å²) in [5.41, 5.74) is 0.862. The fraction of sp³-hybridized carbons (Fsp3) is 0.581. The van der Waals surface area contributed by atoms with E-state index in [0.29, 0.717) is 16.5 Å². The van der Waals surface area contributed by atoms with Crippen LogP contribution in [0.5, 0.6) is 0 Å². The molecule has 0 aliphatic carbocycles. The zero-order valence-electron chi connectivity index (χ0n) is 24.6. The average molecular weight is 612 g/mol. The van der Waals surface area contributed by atoms with E-state index in [1.54, 1.807) is 26.0 Å². The van der Waals surface area contributed by atoms with Crippen LogP contribution in [0.25, 0.3) is 0 Å². The third-order valence-corrected chi connectivity index (χ3v) is 10.7. The quantitative estimate of drug-likeness (QED) is 0.279. The number of carbonyl (C=O) groups excluding carboxylic acids is 1. The highest BCUT2D eigenvalue weighted by atomic mass is 35.5. The normalized spacial score (nSPS) is 23.7. The van der Waals surface area contributed by atoms with E-state index in [2.05, 4.69) is 5.32 Å². The van der Waals surface area contributed by atoms with E-state index in [4.69, 9.17) is 23.2 Å². The number of nitrogens with zero attached hydrogens (tertiary/aromatic N) is 1. The van der Waals surface area contributed by atoms with E-state index in [0.717, 1.165) is 11.1 Å². The number of likely N-dealkylation sites (tertiary alicyclic amines) is 1. The van der Waals surface area contributed by atoms with Crippen molar-refractivity contribution in [2.24, 2.45) is 11.3 Å². The first-order chi connectivity index (χ1) is 18.6. The van der Waals surface area contributed by atoms with E-state index in [1.807, 2.05) is 75.9 Å². The molecule has 2 aromatic rings. The highest BCUT2D eigenvalue weighted by Gasteiger charge is 2.53. The number of carbonyl (C=O) groups is 1. The Balaban J connectivity index is 2.27. The molecule has 2 N–H and O–H groups in total. The van der Waals surface area contributed by atoms with Gasteiger partial charge in [0.25, 0.3) is 0 Å². The van der Waals surface area contributed by atoms with E-state index in [-0.39, 0.29) is 36.0 Å². The van der Waals surface area contributed by atoms with Gasteiger partial charge in [-0.2, -0.15) is 0 Å². The van der Waals surface area contributed by atoms with E-state index >= 15 is 0 Å². The van der Waals surface area contributed by atoms with Crippen LogP contribution in [0, 0.1) is 11.3 Å². The highest BCUT2D eigenvalue weighted by molar-refractivity contribution is 7.92. The predicted molar refractivity (Wildman–Crippen MR) is 164 cm³/mol. The largest absolute Gasteiger partial charge is 0.379 e. The van der Waals surface area contributed by atoms with Crippen molar-refractivity contribution >= 4 is 38.9 Å². The SMILES string of the molecule is CC(C)NC(O)C[C@@]1(C)C[C@H](c2cccc(Cl)c2)[C@@H](c2ccc(Cl)cc2)N([C@H](CS(=O)(=O)C(C)C)C(C)C)C1=O. The number of nitrogens with one attached hydrogen (secondary N) is 1. The summed E-state index contributed by atoms with van der Waals surface area (Å²) in [6, 6.07) is 14.0. The van der Waals surface area contributed by atoms with E-state index in [1.165, 1.54) is 0 Å². The van der Waals surface area contributed by atoms with Gasteiger partial charge in [-0.1, -0.05) is 68.2 Å². The summed E-state index contributed by atoms with van der Waals surface area (Å²) in [5.74, 6) is -0.665. The number of sulfone groups is 1. The molecule has 5 atom stereocenters. The molecule has 0 radical (unpaired) electrons. The number of piperidine rings is 1. The van der Waals surface area contributed by atoms with Crippen LogP contribution < -0.4 is 5.32 Å². The molecule has 1 saturated heterocycles. The summed E-state index contributed by atoms with van der Waals surface area (Å²) < 4.78 is 26.6. The molecular weight excluding hydrogens is 567 g/mol. The van der Waals surface area contributed by atoms with Gasteiger partial charge in [0, 0.05) is 34.5 Å². The van der Waals surface area contributed by atoms with Crippen molar-refractivity contribution in [3.63, 3.8) is 0 Å². The summed E-state index contributed by atoms with van der Waals surface area (Å²) in [7, 11) is -3.49. The molecule has 9 heteroatoms. The van der Waals surface area contributed by atoms with Gasteiger partial charge >= 0.3 is 0 Å². The van der Waals surface area contributed by atoms with Crippen LogP contribution in [-0.2, 0) is 14.6 Å². The van der Waals surface area contributed by atoms with Crippen molar-refractivity contribution in [2.45, 2.75) is 96.8 Å². The second-order valence-corrected chi connectivity index (χ2v) is 15.8. The Morgan fingerprint density at radius 2 is 1.62 bits per heavy atom. The number of rotatable bonds is 11. The molecule has 1 unspecified atom stereocenters. The third kappa shape index (κ3) is 7.60. The monoisotopic (exact) mass is 610 g/mol. The molecular formula is C31H44Cl2N2O4S. The molecule has 1 fully saturated rings. The molecule has 1 heterocycles. The summed E-state index contributed by atoms with van der Waals surface area (Å²) in [5, 5.41) is 14.7. The van der Waals surface area contributed by atoms with Gasteiger partial charge in [0.15, 0.2) is 9.84 Å². The number of halogens is 2. The number of benzene rings is 2. The van der Waals surface area contributed by atoms with Crippen molar-refractivity contribution in [2.75, 3.05) is 5.75 Å². The van der Waals surface area contributed by atoms with Gasteiger partial charge in [0.1, 0.15) is 6.23 Å². The van der Waals surface area contributed by atoms with Crippen LogP contribution in [0.15, 0.2) is 48.5 Å². The minimum Gasteiger partial charge on any atom is -0.379 e. The number of aliphatic hydroxyl groups is 1. The lowest BCUT2D eigenvalue weighted by atomic mass is 9.66. The maximum Gasteiger partial charge on any atom is 0.229 e. The van der Waals surface area contributed by atoms with Crippen molar-refractivity contribution in [3.05, 3.63) is 69.7 Å². The molecule has 0 saturated carbocycles. The molecule has 1 amide bonds. The minimum absolute atomic E-state index is 0.0264. The summed E-state index contributed by atoms with van der Waals surface area (Å²) >= 11 is 12.7. The van der Waals surface area contributed by atoms with E-state index in [9.17, 15) is 18.3 Å². The number of hydrogen-bond acceptors (Lipinski definition) is 5. The smallest absolute Gasteiger partial charge is 0.229 e. The maximum atomic E-state index is 14.7. The van der Waals surface area contributed by atoms with Crippen molar-refractivity contribution < 1.29 is 18.3 Å². The van der Waals surface area contributed by atoms with Crippen LogP contribution in [0.3, 0.4) is 0 Å². The van der Waals surface area contributed by atoms with Gasteiger partial charge < -0.3 is 10.0 Å². The third-order valence-electron chi connectivity index (χ3n) is 8.01. The Morgan fingerprint density at radius 1 is 1.00 bits per heavy atom. The second kappa shape index (κ2) is 13.1. The predicted octanol–water partition coefficient (Wildman–Crippen LogP) is 6.61. The Hall–Kier alpha value is -1.64. The second-order valence-electron chi connectivity index (χ2n) is 12.4. The zero-order chi connectivity index (χ0) is 30.0. The summed E-state index contributed by atoms with van der Waals surface area (Å²) in [4.78, 5) is 16.5.